The van der Waals surface area contributed by atoms with Crippen LogP contribution in [-0.4, -0.2) is 164 Å². The van der Waals surface area contributed by atoms with E-state index in [9.17, 15) is 38.4 Å². The van der Waals surface area contributed by atoms with E-state index in [1.807, 2.05) is 0 Å². The highest BCUT2D eigenvalue weighted by atomic mass is 16.7. The summed E-state index contributed by atoms with van der Waals surface area (Å²) in [5.74, 6) is -3.15. The third-order valence-corrected chi connectivity index (χ3v) is 12.8. The van der Waals surface area contributed by atoms with E-state index < -0.39 is 66.1 Å². The normalized spacial score (nSPS) is 21.8. The summed E-state index contributed by atoms with van der Waals surface area (Å²) in [6.45, 7) is 0.436. The van der Waals surface area contributed by atoms with Crippen molar-refractivity contribution in [2.75, 3.05) is 66.3 Å². The van der Waals surface area contributed by atoms with Gasteiger partial charge in [0.25, 0.3) is 47.3 Å². The minimum absolute atomic E-state index is 0.0200. The fourth-order valence-corrected chi connectivity index (χ4v) is 9.39. The van der Waals surface area contributed by atoms with E-state index in [0.717, 1.165) is 0 Å². The lowest BCUT2D eigenvalue weighted by Gasteiger charge is -2.45. The molecule has 1 saturated heterocycles. The number of nitrogens with zero attached hydrogens (tertiary/aromatic N) is 4. The maximum Gasteiger partial charge on any atom is 0.261 e. The Labute approximate surface area is 396 Å². The zero-order valence-electron chi connectivity index (χ0n) is 37.8. The molecular formula is C51H50N4O14. The summed E-state index contributed by atoms with van der Waals surface area (Å²) < 4.78 is 38.1. The van der Waals surface area contributed by atoms with Crippen LogP contribution >= 0.6 is 0 Å². The number of rotatable bonds is 22. The van der Waals surface area contributed by atoms with Crippen molar-refractivity contribution in [3.05, 3.63) is 142 Å². The Balaban J connectivity index is 0.894. The molecule has 0 bridgehead atoms. The van der Waals surface area contributed by atoms with Crippen molar-refractivity contribution in [3.8, 4) is 0 Å². The predicted octanol–water partition coefficient (Wildman–Crippen LogP) is 4.28. The number of hydrogen-bond acceptors (Lipinski definition) is 14. The van der Waals surface area contributed by atoms with Gasteiger partial charge in [0.1, 0.15) is 24.4 Å². The van der Waals surface area contributed by atoms with Crippen molar-refractivity contribution in [2.24, 2.45) is 0 Å². The first kappa shape index (κ1) is 47.3. The van der Waals surface area contributed by atoms with E-state index in [1.54, 1.807) is 97.1 Å². The summed E-state index contributed by atoms with van der Waals surface area (Å²) in [6, 6.07) is 26.5. The highest BCUT2D eigenvalue weighted by Crippen LogP contribution is 2.32. The van der Waals surface area contributed by atoms with Crippen LogP contribution in [0.4, 0.5) is 0 Å². The minimum Gasteiger partial charge on any atom is -0.379 e. The second kappa shape index (κ2) is 20.8. The Kier molecular flexibility index (Phi) is 14.3. The van der Waals surface area contributed by atoms with Crippen LogP contribution in [0.1, 0.15) is 109 Å². The van der Waals surface area contributed by atoms with Crippen LogP contribution in [0, 0.1) is 0 Å². The Bertz CT molecular complexity index is 2550. The van der Waals surface area contributed by atoms with E-state index in [-0.39, 0.29) is 90.3 Å². The largest absolute Gasteiger partial charge is 0.379 e. The quantitative estimate of drug-likeness (QED) is 0.0798. The van der Waals surface area contributed by atoms with Crippen molar-refractivity contribution in [1.82, 2.24) is 19.6 Å². The summed E-state index contributed by atoms with van der Waals surface area (Å²) in [5, 5.41) is 0. The first-order valence-corrected chi connectivity index (χ1v) is 23.0. The van der Waals surface area contributed by atoms with Gasteiger partial charge in [-0.2, -0.15) is 0 Å². The average Bonchev–Trinajstić information content (AvgIpc) is 3.96. The number of hydrogen-bond donors (Lipinski definition) is 0. The van der Waals surface area contributed by atoms with Gasteiger partial charge in [0, 0.05) is 59.7 Å². The average molecular weight is 943 g/mol. The molecule has 5 heterocycles. The molecule has 18 heteroatoms. The van der Waals surface area contributed by atoms with Gasteiger partial charge >= 0.3 is 0 Å². The fraction of sp³-hybridized carbons (Fsp3) is 0.373. The molecule has 4 aromatic rings. The molecule has 1 fully saturated rings. The molecule has 358 valence electrons. The van der Waals surface area contributed by atoms with Gasteiger partial charge in [-0.3, -0.25) is 58.0 Å². The second-order valence-corrected chi connectivity index (χ2v) is 17.0. The molecule has 0 aliphatic carbocycles. The molecule has 8 amide bonds. The number of carbonyl (C=O) groups excluding carboxylic acids is 8. The van der Waals surface area contributed by atoms with Crippen LogP contribution in [0.5, 0.6) is 0 Å². The zero-order valence-corrected chi connectivity index (χ0v) is 37.8. The van der Waals surface area contributed by atoms with Crippen molar-refractivity contribution in [2.45, 2.75) is 56.4 Å². The summed E-state index contributed by atoms with van der Waals surface area (Å²) >= 11 is 0. The van der Waals surface area contributed by atoms with Crippen LogP contribution in [-0.2, 0) is 28.4 Å². The fourth-order valence-electron chi connectivity index (χ4n) is 9.39. The van der Waals surface area contributed by atoms with Gasteiger partial charge in [-0.05, 0) is 74.2 Å². The van der Waals surface area contributed by atoms with Gasteiger partial charge in [-0.15, -0.1) is 0 Å². The van der Waals surface area contributed by atoms with Crippen LogP contribution in [0.25, 0.3) is 0 Å². The van der Waals surface area contributed by atoms with Crippen molar-refractivity contribution in [1.29, 1.82) is 0 Å². The molecule has 0 N–H and O–H groups in total. The summed E-state index contributed by atoms with van der Waals surface area (Å²) in [6.07, 6.45) is -3.75. The summed E-state index contributed by atoms with van der Waals surface area (Å²) in [7, 11) is 1.43. The van der Waals surface area contributed by atoms with Gasteiger partial charge in [0.15, 0.2) is 6.29 Å². The molecule has 5 aliphatic rings. The maximum atomic E-state index is 13.2. The standard InChI is InChI=1S/C51H50N4O14/c1-64-51-42(68-29-13-25-55-49(62)37-20-8-9-21-38(37)50(55)63)41(67-28-12-24-54-47(60)35-18-6-7-19-36(35)48(54)61)40(66-27-11-23-53-45(58)33-16-4-5-17-34(33)46(53)59)39(69-51)30-65-26-10-22-52-43(56)31-14-2-3-15-32(31)44(52)57/h2-9,14-21,39-42,51H,10-13,22-30H2,1H3/t39-,40-,41+,42-,51?/m1/s1. The molecule has 5 atom stereocenters. The van der Waals surface area contributed by atoms with E-state index in [4.69, 9.17) is 28.4 Å². The SMILES string of the molecule is COC1O[C@H](COCCCN2C(=O)c3ccccc3C2=O)[C@@H](OCCCN2C(=O)c3ccccc3C2=O)[C@H](OCCCN2C(=O)c3ccccc3C2=O)[C@H]1OCCCN1C(=O)c2ccccc2C1=O. The Hall–Kier alpha value is -6.80. The Morgan fingerprint density at radius 2 is 0.667 bits per heavy atom. The third kappa shape index (κ3) is 9.26. The van der Waals surface area contributed by atoms with Crippen LogP contribution in [0.2, 0.25) is 0 Å². The number of imide groups is 4. The van der Waals surface area contributed by atoms with Gasteiger partial charge in [0.05, 0.1) is 51.1 Å². The van der Waals surface area contributed by atoms with Gasteiger partial charge < -0.3 is 28.4 Å². The lowest BCUT2D eigenvalue weighted by Crippen LogP contribution is -2.62. The highest BCUT2D eigenvalue weighted by Gasteiger charge is 2.49. The molecule has 5 aliphatic heterocycles. The van der Waals surface area contributed by atoms with Crippen LogP contribution in [0.15, 0.2) is 97.1 Å². The Morgan fingerprint density at radius 1 is 0.391 bits per heavy atom. The molecule has 1 unspecified atom stereocenters. The highest BCUT2D eigenvalue weighted by molar-refractivity contribution is 6.23. The minimum atomic E-state index is -1.06. The maximum absolute atomic E-state index is 13.2. The molecule has 0 aromatic heterocycles. The van der Waals surface area contributed by atoms with E-state index >= 15 is 0 Å². The second-order valence-electron chi connectivity index (χ2n) is 17.0. The number of carbonyl (C=O) groups is 8. The summed E-state index contributed by atoms with van der Waals surface area (Å²) in [5.41, 5.74) is 2.67. The molecule has 0 saturated carbocycles. The first-order chi connectivity index (χ1) is 33.6. The number of fused-ring (bicyclic) bond motifs is 4. The van der Waals surface area contributed by atoms with Gasteiger partial charge in [-0.1, -0.05) is 48.5 Å². The molecule has 4 aromatic carbocycles. The molecule has 18 nitrogen and oxygen atoms in total. The molecule has 9 rings (SSSR count). The van der Waals surface area contributed by atoms with Crippen LogP contribution in [0.3, 0.4) is 0 Å². The van der Waals surface area contributed by atoms with Crippen molar-refractivity contribution in [3.63, 3.8) is 0 Å². The van der Waals surface area contributed by atoms with Crippen molar-refractivity contribution >= 4 is 47.3 Å². The first-order valence-electron chi connectivity index (χ1n) is 23.0. The molecule has 0 radical (unpaired) electrons. The number of amides is 8. The van der Waals surface area contributed by atoms with Gasteiger partial charge in [-0.25, -0.2) is 0 Å². The molecule has 69 heavy (non-hydrogen) atoms. The summed E-state index contributed by atoms with van der Waals surface area (Å²) in [4.78, 5) is 110. The lowest BCUT2D eigenvalue weighted by atomic mass is 9.98. The molecule has 0 spiro atoms. The van der Waals surface area contributed by atoms with Crippen LogP contribution < -0.4 is 0 Å². The predicted molar refractivity (Wildman–Crippen MR) is 241 cm³/mol. The monoisotopic (exact) mass is 942 g/mol. The van der Waals surface area contributed by atoms with E-state index in [0.29, 0.717) is 50.9 Å². The molecular weight excluding hydrogens is 893 g/mol. The van der Waals surface area contributed by atoms with Gasteiger partial charge in [0.2, 0.25) is 0 Å². The van der Waals surface area contributed by atoms with E-state index in [1.165, 1.54) is 26.7 Å². The smallest absolute Gasteiger partial charge is 0.261 e. The number of benzene rings is 4. The van der Waals surface area contributed by atoms with E-state index in [2.05, 4.69) is 0 Å². The zero-order chi connectivity index (χ0) is 48.2. The topological polar surface area (TPSA) is 205 Å². The lowest BCUT2D eigenvalue weighted by molar-refractivity contribution is -0.318. The van der Waals surface area contributed by atoms with Crippen molar-refractivity contribution < 1.29 is 66.8 Å². The number of methoxy groups -OCH3 is 1. The Morgan fingerprint density at radius 3 is 0.971 bits per heavy atom. The number of ether oxygens (including phenoxy) is 6. The third-order valence-electron chi connectivity index (χ3n) is 12.8.